The van der Waals surface area contributed by atoms with E-state index in [-0.39, 0.29) is 5.92 Å². The van der Waals surface area contributed by atoms with Gasteiger partial charge in [0.2, 0.25) is 5.91 Å². The average Bonchev–Trinajstić information content (AvgIpc) is 3.21. The van der Waals surface area contributed by atoms with Crippen LogP contribution in [0, 0.1) is 17.2 Å². The summed E-state index contributed by atoms with van der Waals surface area (Å²) in [5.41, 5.74) is 4.56. The number of likely N-dealkylation sites (tertiary alicyclic amines) is 1. The van der Waals surface area contributed by atoms with E-state index >= 15 is 0 Å². The molecule has 1 amide bonds. The zero-order valence-electron chi connectivity index (χ0n) is 17.5. The molecule has 0 saturated carbocycles. The Morgan fingerprint density at radius 2 is 1.94 bits per heavy atom. The molecule has 7 nitrogen and oxygen atoms in total. The lowest BCUT2D eigenvalue weighted by atomic mass is 9.88. The molecule has 3 aromatic rings. The van der Waals surface area contributed by atoms with E-state index in [0.29, 0.717) is 28.7 Å². The lowest BCUT2D eigenvalue weighted by molar-refractivity contribution is -0.138. The van der Waals surface area contributed by atoms with Gasteiger partial charge in [-0.25, -0.2) is 4.52 Å². The standard InChI is InChI=1S/C24H25N5O2/c1-31-22-10-19(15-29-23(22)20(11-25)14-27-29)17-4-2-16(3-5-17)18-6-8-28(9-7-18)24(30)21-12-26-13-21/h2-5,10,14-15,18,21,26H,6-9,12-13H2,1H3. The van der Waals surface area contributed by atoms with Crippen LogP contribution >= 0.6 is 0 Å². The molecule has 158 valence electrons. The number of fused-ring (bicyclic) bond motifs is 1. The Morgan fingerprint density at radius 1 is 1.19 bits per heavy atom. The predicted molar refractivity (Wildman–Crippen MR) is 117 cm³/mol. The van der Waals surface area contributed by atoms with Crippen molar-refractivity contribution in [2.75, 3.05) is 33.3 Å². The number of benzene rings is 1. The van der Waals surface area contributed by atoms with Crippen LogP contribution in [0.2, 0.25) is 0 Å². The van der Waals surface area contributed by atoms with Gasteiger partial charge >= 0.3 is 0 Å². The number of hydrogen-bond acceptors (Lipinski definition) is 5. The van der Waals surface area contributed by atoms with Crippen LogP contribution in [0.1, 0.15) is 29.9 Å². The number of carbonyl (C=O) groups excluding carboxylic acids is 1. The van der Waals surface area contributed by atoms with E-state index in [4.69, 9.17) is 4.74 Å². The minimum atomic E-state index is 0.184. The molecule has 0 unspecified atom stereocenters. The number of nitrogens with zero attached hydrogens (tertiary/aromatic N) is 4. The topological polar surface area (TPSA) is 82.7 Å². The van der Waals surface area contributed by atoms with Gasteiger partial charge in [0.25, 0.3) is 0 Å². The van der Waals surface area contributed by atoms with Crippen LogP contribution < -0.4 is 10.1 Å². The fourth-order valence-corrected chi connectivity index (χ4v) is 4.58. The number of pyridine rings is 1. The second kappa shape index (κ2) is 8.05. The van der Waals surface area contributed by atoms with Crippen molar-refractivity contribution in [1.82, 2.24) is 19.8 Å². The molecule has 0 bridgehead atoms. The largest absolute Gasteiger partial charge is 0.494 e. The van der Waals surface area contributed by atoms with Gasteiger partial charge in [0.05, 0.1) is 19.2 Å². The van der Waals surface area contributed by atoms with Gasteiger partial charge in [-0.05, 0) is 36.0 Å². The van der Waals surface area contributed by atoms with Crippen molar-refractivity contribution in [3.05, 3.63) is 53.9 Å². The number of methoxy groups -OCH3 is 1. The molecule has 2 aliphatic heterocycles. The maximum Gasteiger partial charge on any atom is 0.228 e. The van der Waals surface area contributed by atoms with Crippen LogP contribution in [0.3, 0.4) is 0 Å². The van der Waals surface area contributed by atoms with Crippen LogP contribution in [0.25, 0.3) is 16.6 Å². The van der Waals surface area contributed by atoms with Crippen LogP contribution in [0.5, 0.6) is 5.75 Å². The molecule has 31 heavy (non-hydrogen) atoms. The van der Waals surface area contributed by atoms with Crippen molar-refractivity contribution in [1.29, 1.82) is 5.26 Å². The van der Waals surface area contributed by atoms with Crippen LogP contribution in [0.4, 0.5) is 0 Å². The second-order valence-electron chi connectivity index (χ2n) is 8.34. The van der Waals surface area contributed by atoms with Gasteiger partial charge in [-0.15, -0.1) is 0 Å². The van der Waals surface area contributed by atoms with E-state index in [9.17, 15) is 10.1 Å². The van der Waals surface area contributed by atoms with Crippen molar-refractivity contribution in [3.63, 3.8) is 0 Å². The lowest BCUT2D eigenvalue weighted by Crippen LogP contribution is -2.53. The monoisotopic (exact) mass is 415 g/mol. The third-order valence-corrected chi connectivity index (χ3v) is 6.57. The van der Waals surface area contributed by atoms with Crippen LogP contribution in [-0.2, 0) is 4.79 Å². The number of aromatic nitrogens is 2. The van der Waals surface area contributed by atoms with Crippen molar-refractivity contribution in [2.24, 2.45) is 5.92 Å². The third-order valence-electron chi connectivity index (χ3n) is 6.57. The smallest absolute Gasteiger partial charge is 0.228 e. The van der Waals surface area contributed by atoms with Gasteiger partial charge in [0, 0.05) is 37.9 Å². The minimum absolute atomic E-state index is 0.184. The summed E-state index contributed by atoms with van der Waals surface area (Å²) in [5, 5.41) is 16.8. The lowest BCUT2D eigenvalue weighted by Gasteiger charge is -2.37. The summed E-state index contributed by atoms with van der Waals surface area (Å²) < 4.78 is 7.22. The van der Waals surface area contributed by atoms with Crippen LogP contribution in [0.15, 0.2) is 42.7 Å². The SMILES string of the molecule is COc1cc(-c2ccc(C3CCN(C(=O)C4CNC4)CC3)cc2)cn2ncc(C#N)c12. The zero-order chi connectivity index (χ0) is 21.4. The number of carbonyl (C=O) groups is 1. The second-order valence-corrected chi connectivity index (χ2v) is 8.34. The molecule has 0 radical (unpaired) electrons. The molecule has 1 N–H and O–H groups in total. The molecule has 2 aliphatic rings. The normalized spacial score (nSPS) is 17.4. The first kappa shape index (κ1) is 19.6. The van der Waals surface area contributed by atoms with Crippen LogP contribution in [-0.4, -0.2) is 53.7 Å². The summed E-state index contributed by atoms with van der Waals surface area (Å²) in [6.45, 7) is 3.34. The number of rotatable bonds is 4. The van der Waals surface area contributed by atoms with E-state index in [0.717, 1.165) is 50.1 Å². The van der Waals surface area contributed by atoms with E-state index in [1.54, 1.807) is 17.8 Å². The summed E-state index contributed by atoms with van der Waals surface area (Å²) in [5.74, 6) is 1.62. The number of ether oxygens (including phenoxy) is 1. The molecule has 0 spiro atoms. The number of piperidine rings is 1. The Hall–Kier alpha value is -3.37. The Kier molecular flexibility index (Phi) is 5.08. The first-order chi connectivity index (χ1) is 15.2. The summed E-state index contributed by atoms with van der Waals surface area (Å²) in [7, 11) is 1.61. The van der Waals surface area contributed by atoms with Crippen molar-refractivity contribution >= 4 is 11.4 Å². The molecule has 5 rings (SSSR count). The molecule has 2 aromatic heterocycles. The highest BCUT2D eigenvalue weighted by Crippen LogP contribution is 2.33. The summed E-state index contributed by atoms with van der Waals surface area (Å²) in [4.78, 5) is 14.5. The fourth-order valence-electron chi connectivity index (χ4n) is 4.58. The van der Waals surface area contributed by atoms with Gasteiger partial charge in [0.15, 0.2) is 0 Å². The fraction of sp³-hybridized carbons (Fsp3) is 0.375. The molecule has 4 heterocycles. The summed E-state index contributed by atoms with van der Waals surface area (Å²) >= 11 is 0. The third kappa shape index (κ3) is 3.53. The number of hydrogen-bond donors (Lipinski definition) is 1. The Bertz CT molecular complexity index is 1150. The Morgan fingerprint density at radius 3 is 2.55 bits per heavy atom. The highest BCUT2D eigenvalue weighted by Gasteiger charge is 2.31. The first-order valence-corrected chi connectivity index (χ1v) is 10.7. The van der Waals surface area contributed by atoms with Gasteiger partial charge < -0.3 is 15.0 Å². The van der Waals surface area contributed by atoms with Crippen molar-refractivity contribution in [3.8, 4) is 22.9 Å². The highest BCUT2D eigenvalue weighted by molar-refractivity contribution is 5.80. The first-order valence-electron chi connectivity index (χ1n) is 10.7. The van der Waals surface area contributed by atoms with Crippen molar-refractivity contribution < 1.29 is 9.53 Å². The van der Waals surface area contributed by atoms with E-state index < -0.39 is 0 Å². The molecule has 2 saturated heterocycles. The number of amides is 1. The Balaban J connectivity index is 1.31. The van der Waals surface area contributed by atoms with Gasteiger partial charge in [-0.2, -0.15) is 10.4 Å². The van der Waals surface area contributed by atoms with E-state index in [1.165, 1.54) is 5.56 Å². The number of nitriles is 1. The summed E-state index contributed by atoms with van der Waals surface area (Å²) in [6, 6.07) is 12.7. The average molecular weight is 415 g/mol. The van der Waals surface area contributed by atoms with E-state index in [2.05, 4.69) is 40.8 Å². The molecule has 7 heteroatoms. The molecule has 2 fully saturated rings. The highest BCUT2D eigenvalue weighted by atomic mass is 16.5. The van der Waals surface area contributed by atoms with Gasteiger partial charge in [0.1, 0.15) is 22.9 Å². The van der Waals surface area contributed by atoms with Gasteiger partial charge in [-0.1, -0.05) is 24.3 Å². The zero-order valence-corrected chi connectivity index (χ0v) is 17.5. The molecule has 0 atom stereocenters. The number of nitrogens with one attached hydrogen (secondary N) is 1. The molecule has 1 aromatic carbocycles. The maximum absolute atomic E-state index is 12.4. The summed E-state index contributed by atoms with van der Waals surface area (Å²) in [6.07, 6.45) is 5.50. The predicted octanol–water partition coefficient (Wildman–Crippen LogP) is 2.81. The molecular weight excluding hydrogens is 390 g/mol. The molecular formula is C24H25N5O2. The Labute approximate surface area is 181 Å². The minimum Gasteiger partial charge on any atom is -0.494 e. The van der Waals surface area contributed by atoms with Gasteiger partial charge in [-0.3, -0.25) is 4.79 Å². The maximum atomic E-state index is 12.4. The van der Waals surface area contributed by atoms with E-state index in [1.807, 2.05) is 17.2 Å². The van der Waals surface area contributed by atoms with Crippen molar-refractivity contribution in [2.45, 2.75) is 18.8 Å². The molecule has 0 aliphatic carbocycles. The quantitative estimate of drug-likeness (QED) is 0.709.